The highest BCUT2D eigenvalue weighted by Gasteiger charge is 2.21. The number of carbonyl (C=O) groups excluding carboxylic acids is 1. The molecule has 0 spiro atoms. The molecule has 2 N–H and O–H groups in total. The molecular weight excluding hydrogens is 308 g/mol. The van der Waals surface area contributed by atoms with Crippen LogP contribution in [0.4, 0.5) is 4.79 Å². The zero-order chi connectivity index (χ0) is 15.9. The maximum atomic E-state index is 12.0. The number of urea groups is 1. The highest BCUT2D eigenvalue weighted by Crippen LogP contribution is 2.35. The molecule has 0 radical (unpaired) electrons. The standard InChI is InChI=1S/C18H20N2O2S/c21-18(19-11-12-22-14-6-2-1-3-7-14)20-16-10-13-23-17-9-5-4-8-15(16)17/h1-9,16H,10-13H2,(H2,19,20,21). The summed E-state index contributed by atoms with van der Waals surface area (Å²) in [4.78, 5) is 13.3. The van der Waals surface area contributed by atoms with E-state index < -0.39 is 0 Å². The summed E-state index contributed by atoms with van der Waals surface area (Å²) in [6, 6.07) is 17.8. The molecule has 3 rings (SSSR count). The molecule has 0 fully saturated rings. The van der Waals surface area contributed by atoms with E-state index in [9.17, 15) is 4.79 Å². The number of thioether (sulfide) groups is 1. The fourth-order valence-corrected chi connectivity index (χ4v) is 3.68. The molecule has 1 unspecified atom stereocenters. The quantitative estimate of drug-likeness (QED) is 0.825. The van der Waals surface area contributed by atoms with Crippen molar-refractivity contribution in [3.8, 4) is 5.75 Å². The number of carbonyl (C=O) groups is 1. The molecule has 1 aliphatic rings. The maximum Gasteiger partial charge on any atom is 0.315 e. The molecule has 0 saturated heterocycles. The lowest BCUT2D eigenvalue weighted by atomic mass is 10.0. The van der Waals surface area contributed by atoms with Crippen LogP contribution in [-0.4, -0.2) is 24.9 Å². The lowest BCUT2D eigenvalue weighted by Gasteiger charge is -2.25. The minimum atomic E-state index is -0.145. The third-order valence-corrected chi connectivity index (χ3v) is 4.79. The van der Waals surface area contributed by atoms with Crippen LogP contribution in [0, 0.1) is 0 Å². The van der Waals surface area contributed by atoms with E-state index in [0.717, 1.165) is 17.9 Å². The molecular formula is C18H20N2O2S. The molecule has 0 saturated carbocycles. The fraction of sp³-hybridized carbons (Fsp3) is 0.278. The van der Waals surface area contributed by atoms with Gasteiger partial charge in [-0.05, 0) is 30.2 Å². The molecule has 1 atom stereocenters. The molecule has 0 bridgehead atoms. The summed E-state index contributed by atoms with van der Waals surface area (Å²) in [5.74, 6) is 1.84. The minimum absolute atomic E-state index is 0.0856. The lowest BCUT2D eigenvalue weighted by Crippen LogP contribution is -2.40. The summed E-state index contributed by atoms with van der Waals surface area (Å²) in [7, 11) is 0. The summed E-state index contributed by atoms with van der Waals surface area (Å²) >= 11 is 1.85. The number of nitrogens with one attached hydrogen (secondary N) is 2. The average Bonchev–Trinajstić information content (AvgIpc) is 2.60. The van der Waals surface area contributed by atoms with Gasteiger partial charge in [-0.1, -0.05) is 36.4 Å². The van der Waals surface area contributed by atoms with E-state index in [-0.39, 0.29) is 12.1 Å². The topological polar surface area (TPSA) is 50.4 Å². The lowest BCUT2D eigenvalue weighted by molar-refractivity contribution is 0.232. The summed E-state index contributed by atoms with van der Waals surface area (Å²) < 4.78 is 5.56. The molecule has 2 amide bonds. The van der Waals surface area contributed by atoms with Crippen molar-refractivity contribution in [2.24, 2.45) is 0 Å². The van der Waals surface area contributed by atoms with Crippen molar-refractivity contribution in [2.75, 3.05) is 18.9 Å². The van der Waals surface area contributed by atoms with Crippen molar-refractivity contribution < 1.29 is 9.53 Å². The zero-order valence-corrected chi connectivity index (χ0v) is 13.6. The van der Waals surface area contributed by atoms with Gasteiger partial charge in [0.05, 0.1) is 12.6 Å². The zero-order valence-electron chi connectivity index (χ0n) is 12.8. The van der Waals surface area contributed by atoms with Crippen molar-refractivity contribution in [2.45, 2.75) is 17.4 Å². The average molecular weight is 328 g/mol. The monoisotopic (exact) mass is 328 g/mol. The molecule has 23 heavy (non-hydrogen) atoms. The highest BCUT2D eigenvalue weighted by molar-refractivity contribution is 7.99. The van der Waals surface area contributed by atoms with Gasteiger partial charge in [0.2, 0.25) is 0 Å². The number of benzene rings is 2. The van der Waals surface area contributed by atoms with Crippen LogP contribution >= 0.6 is 11.8 Å². The number of hydrogen-bond acceptors (Lipinski definition) is 3. The Morgan fingerprint density at radius 1 is 1.13 bits per heavy atom. The van der Waals surface area contributed by atoms with Crippen molar-refractivity contribution in [1.82, 2.24) is 10.6 Å². The number of para-hydroxylation sites is 1. The molecule has 120 valence electrons. The third-order valence-electron chi connectivity index (χ3n) is 3.66. The number of ether oxygens (including phenoxy) is 1. The number of fused-ring (bicyclic) bond motifs is 1. The minimum Gasteiger partial charge on any atom is -0.492 e. The van der Waals surface area contributed by atoms with Gasteiger partial charge in [0.25, 0.3) is 0 Å². The van der Waals surface area contributed by atoms with Crippen molar-refractivity contribution in [3.05, 3.63) is 60.2 Å². The number of rotatable bonds is 5. The molecule has 4 nitrogen and oxygen atoms in total. The first-order valence-electron chi connectivity index (χ1n) is 7.77. The largest absolute Gasteiger partial charge is 0.492 e. The van der Waals surface area contributed by atoms with Crippen LogP contribution < -0.4 is 15.4 Å². The van der Waals surface area contributed by atoms with Gasteiger partial charge in [-0.15, -0.1) is 11.8 Å². The summed E-state index contributed by atoms with van der Waals surface area (Å²) in [5.41, 5.74) is 1.21. The highest BCUT2D eigenvalue weighted by atomic mass is 32.2. The number of amides is 2. The maximum absolute atomic E-state index is 12.0. The van der Waals surface area contributed by atoms with E-state index >= 15 is 0 Å². The van der Waals surface area contributed by atoms with Gasteiger partial charge in [0.1, 0.15) is 12.4 Å². The molecule has 5 heteroatoms. The molecule has 2 aromatic rings. The SMILES string of the molecule is O=C(NCCOc1ccccc1)NC1CCSc2ccccc21. The van der Waals surface area contributed by atoms with Crippen LogP contribution in [0.1, 0.15) is 18.0 Å². The first-order valence-corrected chi connectivity index (χ1v) is 8.75. The van der Waals surface area contributed by atoms with Gasteiger partial charge in [0.15, 0.2) is 0 Å². The van der Waals surface area contributed by atoms with Gasteiger partial charge in [-0.25, -0.2) is 4.79 Å². The van der Waals surface area contributed by atoms with Crippen molar-refractivity contribution in [3.63, 3.8) is 0 Å². The van der Waals surface area contributed by atoms with Crippen LogP contribution in [0.15, 0.2) is 59.5 Å². The second-order valence-corrected chi connectivity index (χ2v) is 6.43. The second-order valence-electron chi connectivity index (χ2n) is 5.29. The molecule has 0 aromatic heterocycles. The normalized spacial score (nSPS) is 16.3. The van der Waals surface area contributed by atoms with E-state index in [1.807, 2.05) is 54.2 Å². The molecule has 1 aliphatic heterocycles. The summed E-state index contributed by atoms with van der Waals surface area (Å²) in [6.07, 6.45) is 0.954. The summed E-state index contributed by atoms with van der Waals surface area (Å²) in [5, 5.41) is 5.90. The summed E-state index contributed by atoms with van der Waals surface area (Å²) in [6.45, 7) is 0.929. The van der Waals surface area contributed by atoms with E-state index in [0.29, 0.717) is 13.2 Å². The Morgan fingerprint density at radius 3 is 2.78 bits per heavy atom. The van der Waals surface area contributed by atoms with Gasteiger partial charge < -0.3 is 15.4 Å². The van der Waals surface area contributed by atoms with Crippen LogP contribution in [0.5, 0.6) is 5.75 Å². The van der Waals surface area contributed by atoms with Gasteiger partial charge in [-0.3, -0.25) is 0 Å². The van der Waals surface area contributed by atoms with Gasteiger partial charge in [0, 0.05) is 10.6 Å². The Bertz CT molecular complexity index is 648. The van der Waals surface area contributed by atoms with Crippen LogP contribution in [-0.2, 0) is 0 Å². The van der Waals surface area contributed by atoms with Crippen LogP contribution in [0.3, 0.4) is 0 Å². The molecule has 2 aromatic carbocycles. The Morgan fingerprint density at radius 2 is 1.91 bits per heavy atom. The van der Waals surface area contributed by atoms with Crippen molar-refractivity contribution >= 4 is 17.8 Å². The second kappa shape index (κ2) is 7.92. The van der Waals surface area contributed by atoms with Gasteiger partial charge >= 0.3 is 6.03 Å². The fourth-order valence-electron chi connectivity index (χ4n) is 2.55. The Hall–Kier alpha value is -2.14. The predicted molar refractivity (Wildman–Crippen MR) is 93.0 cm³/mol. The van der Waals surface area contributed by atoms with Crippen LogP contribution in [0.25, 0.3) is 0 Å². The smallest absolute Gasteiger partial charge is 0.315 e. The Kier molecular flexibility index (Phi) is 5.42. The van der Waals surface area contributed by atoms with E-state index in [4.69, 9.17) is 4.74 Å². The first kappa shape index (κ1) is 15.7. The van der Waals surface area contributed by atoms with E-state index in [2.05, 4.69) is 22.8 Å². The molecule has 0 aliphatic carbocycles. The Labute approximate surface area is 140 Å². The first-order chi connectivity index (χ1) is 11.3. The molecule has 1 heterocycles. The predicted octanol–water partition coefficient (Wildman–Crippen LogP) is 3.60. The number of hydrogen-bond donors (Lipinski definition) is 2. The van der Waals surface area contributed by atoms with Crippen LogP contribution in [0.2, 0.25) is 0 Å². The van der Waals surface area contributed by atoms with Crippen molar-refractivity contribution in [1.29, 1.82) is 0 Å². The third kappa shape index (κ3) is 4.42. The Balaban J connectivity index is 1.43. The van der Waals surface area contributed by atoms with Gasteiger partial charge in [-0.2, -0.15) is 0 Å². The van der Waals surface area contributed by atoms with E-state index in [1.54, 1.807) is 0 Å². The van der Waals surface area contributed by atoms with E-state index in [1.165, 1.54) is 10.5 Å².